The minimum absolute atomic E-state index is 0.0499. The van der Waals surface area contributed by atoms with Crippen molar-refractivity contribution >= 4 is 57.0 Å². The fourth-order valence-electron chi connectivity index (χ4n) is 1.97. The number of hydrogen-bond acceptors (Lipinski definition) is 7. The molecule has 0 bridgehead atoms. The van der Waals surface area contributed by atoms with Crippen LogP contribution in [0.15, 0.2) is 34.8 Å². The molecule has 1 amide bonds. The number of rotatable bonds is 5. The van der Waals surface area contributed by atoms with Crippen LogP contribution in [0.2, 0.25) is 5.02 Å². The predicted octanol–water partition coefficient (Wildman–Crippen LogP) is 3.44. The van der Waals surface area contributed by atoms with E-state index in [1.165, 1.54) is 17.4 Å². The molecule has 1 aromatic carbocycles. The number of thiophene rings is 1. The predicted molar refractivity (Wildman–Crippen MR) is 94.5 cm³/mol. The molecule has 7 nitrogen and oxygen atoms in total. The van der Waals surface area contributed by atoms with Crippen molar-refractivity contribution in [3.8, 4) is 0 Å². The van der Waals surface area contributed by atoms with Crippen LogP contribution in [0.5, 0.6) is 0 Å². The van der Waals surface area contributed by atoms with E-state index in [9.17, 15) is 9.59 Å². The van der Waals surface area contributed by atoms with Gasteiger partial charge in [-0.1, -0.05) is 34.9 Å². The average molecular weight is 378 g/mol. The van der Waals surface area contributed by atoms with Crippen LogP contribution in [0.1, 0.15) is 10.8 Å². The quantitative estimate of drug-likeness (QED) is 0.540. The van der Waals surface area contributed by atoms with Gasteiger partial charge in [-0.3, -0.25) is 10.1 Å². The highest BCUT2D eigenvalue weighted by molar-refractivity contribution is 7.20. The highest BCUT2D eigenvalue weighted by Gasteiger charge is 2.11. The van der Waals surface area contributed by atoms with Crippen molar-refractivity contribution in [1.29, 1.82) is 0 Å². The summed E-state index contributed by atoms with van der Waals surface area (Å²) in [5.41, 5.74) is 0. The van der Waals surface area contributed by atoms with Crippen LogP contribution in [-0.4, -0.2) is 28.7 Å². The average Bonchev–Trinajstić information content (AvgIpc) is 3.15. The number of aryl methyl sites for hydroxylation is 1. The first-order valence-corrected chi connectivity index (χ1v) is 8.34. The Bertz CT molecular complexity index is 963. The maximum Gasteiger partial charge on any atom is 0.331 e. The minimum atomic E-state index is -0.662. The molecule has 128 valence electrons. The Labute approximate surface area is 151 Å². The fraction of sp³-hybridized carbons (Fsp3) is 0.125. The summed E-state index contributed by atoms with van der Waals surface area (Å²) in [7, 11) is 0. The second-order valence-corrected chi connectivity index (χ2v) is 6.35. The Morgan fingerprint density at radius 3 is 2.88 bits per heavy atom. The molecule has 0 aliphatic heterocycles. The van der Waals surface area contributed by atoms with Crippen molar-refractivity contribution in [1.82, 2.24) is 10.2 Å². The minimum Gasteiger partial charge on any atom is -0.452 e. The summed E-state index contributed by atoms with van der Waals surface area (Å²) < 4.78 is 10.9. The Hall–Kier alpha value is -2.71. The molecule has 0 aliphatic carbocycles. The molecule has 2 aromatic heterocycles. The number of carbonyl (C=O) groups is 2. The van der Waals surface area contributed by atoms with Crippen molar-refractivity contribution in [2.75, 3.05) is 11.9 Å². The standard InChI is InChI=1S/C16H12ClN3O4S/c1-9-19-20-16(24-9)18-13(21)8-23-14(22)7-6-12-15(17)10-4-2-3-5-11(10)25-12/h2-7H,8H2,1H3,(H,18,20,21)/b7-6+. The van der Waals surface area contributed by atoms with E-state index < -0.39 is 18.5 Å². The highest BCUT2D eigenvalue weighted by atomic mass is 35.5. The maximum absolute atomic E-state index is 11.7. The third-order valence-corrected chi connectivity index (χ3v) is 4.70. The van der Waals surface area contributed by atoms with E-state index in [-0.39, 0.29) is 6.01 Å². The number of nitrogens with zero attached hydrogens (tertiary/aromatic N) is 2. The number of benzene rings is 1. The van der Waals surface area contributed by atoms with Crippen LogP contribution in [-0.2, 0) is 14.3 Å². The lowest BCUT2D eigenvalue weighted by molar-refractivity contribution is -0.142. The highest BCUT2D eigenvalue weighted by Crippen LogP contribution is 2.35. The Balaban J connectivity index is 1.55. The van der Waals surface area contributed by atoms with Crippen LogP contribution in [0.4, 0.5) is 6.01 Å². The van der Waals surface area contributed by atoms with Gasteiger partial charge in [0.15, 0.2) is 6.61 Å². The van der Waals surface area contributed by atoms with E-state index >= 15 is 0 Å². The molecule has 0 radical (unpaired) electrons. The van der Waals surface area contributed by atoms with E-state index in [1.807, 2.05) is 24.3 Å². The van der Waals surface area contributed by atoms with E-state index in [0.717, 1.165) is 15.0 Å². The number of nitrogens with one attached hydrogen (secondary N) is 1. The molecule has 9 heteroatoms. The summed E-state index contributed by atoms with van der Waals surface area (Å²) in [5.74, 6) is -0.925. The van der Waals surface area contributed by atoms with Gasteiger partial charge in [-0.05, 0) is 12.1 Å². The molecule has 25 heavy (non-hydrogen) atoms. The molecule has 3 aromatic rings. The lowest BCUT2D eigenvalue weighted by Gasteiger charge is -2.00. The third kappa shape index (κ3) is 4.23. The number of aromatic nitrogens is 2. The Kier molecular flexibility index (Phi) is 5.11. The number of ether oxygens (including phenoxy) is 1. The molecular weight excluding hydrogens is 366 g/mol. The summed E-state index contributed by atoms with van der Waals surface area (Å²) >= 11 is 7.74. The summed E-state index contributed by atoms with van der Waals surface area (Å²) in [4.78, 5) is 24.1. The Morgan fingerprint density at radius 2 is 2.16 bits per heavy atom. The number of esters is 1. The van der Waals surface area contributed by atoms with Gasteiger partial charge in [-0.2, -0.15) is 0 Å². The number of amides is 1. The summed E-state index contributed by atoms with van der Waals surface area (Å²) in [6.07, 6.45) is 2.79. The van der Waals surface area contributed by atoms with Gasteiger partial charge in [-0.25, -0.2) is 4.79 Å². The normalized spacial score (nSPS) is 11.1. The summed E-state index contributed by atoms with van der Waals surface area (Å²) in [6, 6.07) is 7.62. The van der Waals surface area contributed by atoms with Crippen molar-refractivity contribution in [2.24, 2.45) is 0 Å². The van der Waals surface area contributed by atoms with E-state index in [0.29, 0.717) is 10.9 Å². The molecule has 0 fully saturated rings. The smallest absolute Gasteiger partial charge is 0.331 e. The first kappa shape index (κ1) is 17.1. The van der Waals surface area contributed by atoms with Gasteiger partial charge >= 0.3 is 12.0 Å². The molecule has 3 rings (SSSR count). The largest absolute Gasteiger partial charge is 0.452 e. The topological polar surface area (TPSA) is 94.3 Å². The van der Waals surface area contributed by atoms with Crippen molar-refractivity contribution in [3.05, 3.63) is 46.1 Å². The zero-order valence-corrected chi connectivity index (χ0v) is 14.6. The number of hydrogen-bond donors (Lipinski definition) is 1. The van der Waals surface area contributed by atoms with Crippen LogP contribution in [0.3, 0.4) is 0 Å². The first-order valence-electron chi connectivity index (χ1n) is 7.15. The number of halogens is 1. The first-order chi connectivity index (χ1) is 12.0. The molecule has 0 unspecified atom stereocenters. The van der Waals surface area contributed by atoms with Crippen LogP contribution in [0, 0.1) is 6.92 Å². The van der Waals surface area contributed by atoms with E-state index in [4.69, 9.17) is 20.8 Å². The maximum atomic E-state index is 11.7. The van der Waals surface area contributed by atoms with Gasteiger partial charge in [0.2, 0.25) is 5.89 Å². The molecule has 2 heterocycles. The summed E-state index contributed by atoms with van der Waals surface area (Å²) in [6.45, 7) is 1.12. The Morgan fingerprint density at radius 1 is 1.36 bits per heavy atom. The zero-order chi connectivity index (χ0) is 17.8. The molecule has 0 saturated heterocycles. The van der Waals surface area contributed by atoms with Crippen molar-refractivity contribution in [2.45, 2.75) is 6.92 Å². The number of carbonyl (C=O) groups excluding carboxylic acids is 2. The van der Waals surface area contributed by atoms with Gasteiger partial charge in [-0.15, -0.1) is 16.4 Å². The fourth-order valence-corrected chi connectivity index (χ4v) is 3.37. The van der Waals surface area contributed by atoms with E-state index in [1.54, 1.807) is 13.0 Å². The molecule has 0 saturated carbocycles. The SMILES string of the molecule is Cc1nnc(NC(=O)COC(=O)/C=C/c2sc3ccccc3c2Cl)o1. The van der Waals surface area contributed by atoms with Crippen LogP contribution < -0.4 is 5.32 Å². The van der Waals surface area contributed by atoms with Crippen molar-refractivity contribution < 1.29 is 18.7 Å². The molecule has 0 atom stereocenters. The molecule has 1 N–H and O–H groups in total. The van der Waals surface area contributed by atoms with Crippen LogP contribution >= 0.6 is 22.9 Å². The van der Waals surface area contributed by atoms with Gasteiger partial charge < -0.3 is 9.15 Å². The van der Waals surface area contributed by atoms with Gasteiger partial charge in [0.1, 0.15) is 0 Å². The molecule has 0 spiro atoms. The van der Waals surface area contributed by atoms with E-state index in [2.05, 4.69) is 15.5 Å². The van der Waals surface area contributed by atoms with Gasteiger partial charge in [0.05, 0.1) is 5.02 Å². The zero-order valence-electron chi connectivity index (χ0n) is 13.0. The van der Waals surface area contributed by atoms with Crippen LogP contribution in [0.25, 0.3) is 16.2 Å². The lowest BCUT2D eigenvalue weighted by atomic mass is 10.2. The lowest BCUT2D eigenvalue weighted by Crippen LogP contribution is -2.20. The third-order valence-electron chi connectivity index (χ3n) is 3.05. The molecule has 0 aliphatic rings. The number of anilines is 1. The molecular formula is C16H12ClN3O4S. The van der Waals surface area contributed by atoms with Gasteiger partial charge in [0.25, 0.3) is 5.91 Å². The second kappa shape index (κ2) is 7.45. The summed E-state index contributed by atoms with van der Waals surface area (Å²) in [5, 5.41) is 11.0. The van der Waals surface area contributed by atoms with Gasteiger partial charge in [0, 0.05) is 28.0 Å². The van der Waals surface area contributed by atoms with Crippen molar-refractivity contribution in [3.63, 3.8) is 0 Å². The second-order valence-electron chi connectivity index (χ2n) is 4.89. The number of fused-ring (bicyclic) bond motifs is 1. The monoisotopic (exact) mass is 377 g/mol.